The number of benzene rings is 2. The highest BCUT2D eigenvalue weighted by molar-refractivity contribution is 6.31. The standard InChI is InChI=1S/C22H20ClNO3/c1-15-10-16-6-3-5-9-20(16)24(15)12-18-11-21(25)22(14-26-18)27-13-17-7-2-4-8-19(17)23/h2-9,11,14-15H,10,12-13H2,1H3/t15-/m1/s1. The number of para-hydroxylation sites is 1. The molecule has 0 fully saturated rings. The van der Waals surface area contributed by atoms with Crippen LogP contribution >= 0.6 is 11.6 Å². The summed E-state index contributed by atoms with van der Waals surface area (Å²) >= 11 is 6.12. The molecule has 1 aromatic heterocycles. The predicted molar refractivity (Wildman–Crippen MR) is 107 cm³/mol. The fraction of sp³-hybridized carbons (Fsp3) is 0.227. The van der Waals surface area contributed by atoms with Crippen molar-refractivity contribution in [2.45, 2.75) is 32.5 Å². The van der Waals surface area contributed by atoms with Gasteiger partial charge in [0.1, 0.15) is 18.6 Å². The van der Waals surface area contributed by atoms with E-state index in [4.69, 9.17) is 20.8 Å². The maximum absolute atomic E-state index is 12.4. The first kappa shape index (κ1) is 17.7. The smallest absolute Gasteiger partial charge is 0.227 e. The van der Waals surface area contributed by atoms with E-state index in [1.165, 1.54) is 23.6 Å². The SMILES string of the molecule is C[C@@H]1Cc2ccccc2N1Cc1cc(=O)c(OCc2ccccc2Cl)co1. The third kappa shape index (κ3) is 3.71. The van der Waals surface area contributed by atoms with Crippen LogP contribution in [0.25, 0.3) is 0 Å². The van der Waals surface area contributed by atoms with Crippen molar-refractivity contribution in [3.05, 3.63) is 93.0 Å². The molecule has 5 heteroatoms. The third-order valence-corrected chi connectivity index (χ3v) is 5.24. The van der Waals surface area contributed by atoms with E-state index in [9.17, 15) is 4.79 Å². The van der Waals surface area contributed by atoms with E-state index in [1.54, 1.807) is 6.07 Å². The summed E-state index contributed by atoms with van der Waals surface area (Å²) in [6, 6.07) is 17.6. The lowest BCUT2D eigenvalue weighted by molar-refractivity contribution is 0.289. The largest absolute Gasteiger partial charge is 0.482 e. The van der Waals surface area contributed by atoms with E-state index in [0.717, 1.165) is 12.0 Å². The van der Waals surface area contributed by atoms with E-state index in [2.05, 4.69) is 30.0 Å². The van der Waals surface area contributed by atoms with Crippen LogP contribution < -0.4 is 15.1 Å². The summed E-state index contributed by atoms with van der Waals surface area (Å²) in [5, 5.41) is 0.611. The highest BCUT2D eigenvalue weighted by atomic mass is 35.5. The summed E-state index contributed by atoms with van der Waals surface area (Å²) < 4.78 is 11.3. The molecule has 1 atom stereocenters. The summed E-state index contributed by atoms with van der Waals surface area (Å²) in [5.74, 6) is 0.808. The second-order valence-corrected chi connectivity index (χ2v) is 7.17. The number of anilines is 1. The molecule has 138 valence electrons. The topological polar surface area (TPSA) is 42.7 Å². The molecule has 0 saturated carbocycles. The summed E-state index contributed by atoms with van der Waals surface area (Å²) in [7, 11) is 0. The molecule has 4 nitrogen and oxygen atoms in total. The van der Waals surface area contributed by atoms with E-state index >= 15 is 0 Å². The Bertz CT molecular complexity index is 1010. The predicted octanol–water partition coefficient (Wildman–Crippen LogP) is 4.82. The molecule has 1 aliphatic heterocycles. The first-order valence-electron chi connectivity index (χ1n) is 8.94. The van der Waals surface area contributed by atoms with Crippen LogP contribution in [-0.2, 0) is 19.6 Å². The van der Waals surface area contributed by atoms with E-state index in [0.29, 0.717) is 23.4 Å². The van der Waals surface area contributed by atoms with Crippen LogP contribution in [0.4, 0.5) is 5.69 Å². The van der Waals surface area contributed by atoms with Gasteiger partial charge < -0.3 is 14.1 Å². The molecule has 0 bridgehead atoms. The van der Waals surface area contributed by atoms with Crippen LogP contribution in [0, 0.1) is 0 Å². The Morgan fingerprint density at radius 3 is 2.78 bits per heavy atom. The molecule has 27 heavy (non-hydrogen) atoms. The zero-order chi connectivity index (χ0) is 18.8. The van der Waals surface area contributed by atoms with Gasteiger partial charge in [-0.3, -0.25) is 4.79 Å². The first-order chi connectivity index (χ1) is 13.1. The Kier molecular flexibility index (Phi) is 4.90. The molecule has 0 N–H and O–H groups in total. The lowest BCUT2D eigenvalue weighted by atomic mass is 10.1. The molecular formula is C22H20ClNO3. The Labute approximate surface area is 163 Å². The van der Waals surface area contributed by atoms with Crippen molar-refractivity contribution in [1.82, 2.24) is 0 Å². The van der Waals surface area contributed by atoms with Gasteiger partial charge in [0.15, 0.2) is 0 Å². The molecule has 0 unspecified atom stereocenters. The zero-order valence-electron chi connectivity index (χ0n) is 15.0. The number of halogens is 1. The van der Waals surface area contributed by atoms with E-state index < -0.39 is 0 Å². The van der Waals surface area contributed by atoms with E-state index in [1.807, 2.05) is 24.3 Å². The van der Waals surface area contributed by atoms with Gasteiger partial charge in [0.05, 0.1) is 6.54 Å². The lowest BCUT2D eigenvalue weighted by Gasteiger charge is -2.24. The minimum Gasteiger partial charge on any atom is -0.482 e. The molecular weight excluding hydrogens is 362 g/mol. The molecule has 0 radical (unpaired) electrons. The van der Waals surface area contributed by atoms with Gasteiger partial charge in [0.2, 0.25) is 11.2 Å². The fourth-order valence-electron chi connectivity index (χ4n) is 3.44. The molecule has 0 spiro atoms. The summed E-state index contributed by atoms with van der Waals surface area (Å²) in [4.78, 5) is 14.7. The number of fused-ring (bicyclic) bond motifs is 1. The second kappa shape index (κ2) is 7.49. The third-order valence-electron chi connectivity index (χ3n) is 4.87. The van der Waals surface area contributed by atoms with Crippen LogP contribution in [0.5, 0.6) is 5.75 Å². The molecule has 1 aliphatic rings. The summed E-state index contributed by atoms with van der Waals surface area (Å²) in [6.45, 7) is 2.96. The summed E-state index contributed by atoms with van der Waals surface area (Å²) in [5.41, 5.74) is 3.16. The number of hydrogen-bond donors (Lipinski definition) is 0. The second-order valence-electron chi connectivity index (χ2n) is 6.76. The Morgan fingerprint density at radius 2 is 1.96 bits per heavy atom. The van der Waals surface area contributed by atoms with Crippen molar-refractivity contribution in [3.8, 4) is 5.75 Å². The highest BCUT2D eigenvalue weighted by Crippen LogP contribution is 2.33. The molecule has 3 aromatic rings. The minimum atomic E-state index is -0.191. The van der Waals surface area contributed by atoms with Gasteiger partial charge in [-0.1, -0.05) is 48.0 Å². The van der Waals surface area contributed by atoms with Crippen molar-refractivity contribution in [1.29, 1.82) is 0 Å². The van der Waals surface area contributed by atoms with Gasteiger partial charge in [-0.2, -0.15) is 0 Å². The minimum absolute atomic E-state index is 0.188. The van der Waals surface area contributed by atoms with Gasteiger partial charge in [-0.15, -0.1) is 0 Å². The number of rotatable bonds is 5. The van der Waals surface area contributed by atoms with Gasteiger partial charge in [-0.05, 0) is 31.0 Å². The number of nitrogens with zero attached hydrogens (tertiary/aromatic N) is 1. The Morgan fingerprint density at radius 1 is 1.19 bits per heavy atom. The van der Waals surface area contributed by atoms with Crippen LogP contribution in [0.2, 0.25) is 5.02 Å². The average Bonchev–Trinajstić information content (AvgIpc) is 2.98. The first-order valence-corrected chi connectivity index (χ1v) is 9.32. The molecule has 0 saturated heterocycles. The van der Waals surface area contributed by atoms with Gasteiger partial charge in [0.25, 0.3) is 0 Å². The van der Waals surface area contributed by atoms with Gasteiger partial charge in [0, 0.05) is 28.4 Å². The van der Waals surface area contributed by atoms with Crippen molar-refractivity contribution in [2.75, 3.05) is 4.90 Å². The Balaban J connectivity index is 1.48. The van der Waals surface area contributed by atoms with Crippen molar-refractivity contribution in [2.24, 2.45) is 0 Å². The monoisotopic (exact) mass is 381 g/mol. The van der Waals surface area contributed by atoms with Crippen LogP contribution in [0.15, 0.2) is 70.1 Å². The number of hydrogen-bond acceptors (Lipinski definition) is 4. The van der Waals surface area contributed by atoms with Crippen LogP contribution in [0.1, 0.15) is 23.8 Å². The molecule has 2 aromatic carbocycles. The quantitative estimate of drug-likeness (QED) is 0.635. The molecule has 0 aliphatic carbocycles. The number of ether oxygens (including phenoxy) is 1. The average molecular weight is 382 g/mol. The van der Waals surface area contributed by atoms with E-state index in [-0.39, 0.29) is 17.8 Å². The van der Waals surface area contributed by atoms with Crippen molar-refractivity contribution < 1.29 is 9.15 Å². The Hall–Kier alpha value is -2.72. The normalized spacial score (nSPS) is 15.6. The zero-order valence-corrected chi connectivity index (χ0v) is 15.8. The molecule has 2 heterocycles. The van der Waals surface area contributed by atoms with Crippen LogP contribution in [-0.4, -0.2) is 6.04 Å². The highest BCUT2D eigenvalue weighted by Gasteiger charge is 2.26. The fourth-order valence-corrected chi connectivity index (χ4v) is 3.63. The lowest BCUT2D eigenvalue weighted by Crippen LogP contribution is -2.29. The van der Waals surface area contributed by atoms with Gasteiger partial charge in [-0.25, -0.2) is 0 Å². The molecule has 4 rings (SSSR count). The van der Waals surface area contributed by atoms with Crippen molar-refractivity contribution >= 4 is 17.3 Å². The maximum atomic E-state index is 12.4. The molecule has 0 amide bonds. The summed E-state index contributed by atoms with van der Waals surface area (Å²) in [6.07, 6.45) is 2.39. The van der Waals surface area contributed by atoms with Crippen molar-refractivity contribution in [3.63, 3.8) is 0 Å². The maximum Gasteiger partial charge on any atom is 0.227 e. The van der Waals surface area contributed by atoms with Gasteiger partial charge >= 0.3 is 0 Å². The van der Waals surface area contributed by atoms with Crippen LogP contribution in [0.3, 0.4) is 0 Å².